The Kier molecular flexibility index (Phi) is 3.93. The van der Waals surface area contributed by atoms with E-state index in [0.717, 1.165) is 38.8 Å². The van der Waals surface area contributed by atoms with E-state index in [1.807, 2.05) is 0 Å². The molecule has 1 aromatic carbocycles. The first kappa shape index (κ1) is 12.2. The summed E-state index contributed by atoms with van der Waals surface area (Å²) >= 11 is 0. The smallest absolute Gasteiger partial charge is 0.0519 e. The average Bonchev–Trinajstić information content (AvgIpc) is 2.37. The molecule has 0 saturated carbocycles. The van der Waals surface area contributed by atoms with Crippen molar-refractivity contribution in [1.82, 2.24) is 10.2 Å². The lowest BCUT2D eigenvalue weighted by atomic mass is 9.97. The number of ether oxygens (including phenoxy) is 1. The van der Waals surface area contributed by atoms with E-state index < -0.39 is 0 Å². The summed E-state index contributed by atoms with van der Waals surface area (Å²) in [4.78, 5) is 2.52. The Morgan fingerprint density at radius 3 is 2.33 bits per heavy atom. The van der Waals surface area contributed by atoms with Crippen molar-refractivity contribution in [1.29, 1.82) is 0 Å². The molecule has 0 aromatic heterocycles. The molecule has 0 spiro atoms. The quantitative estimate of drug-likeness (QED) is 0.866. The van der Waals surface area contributed by atoms with Gasteiger partial charge in [0.25, 0.3) is 0 Å². The number of nitrogens with one attached hydrogen (secondary N) is 1. The second kappa shape index (κ2) is 5.83. The first-order valence-corrected chi connectivity index (χ1v) is 6.99. The Labute approximate surface area is 109 Å². The second-order valence-electron chi connectivity index (χ2n) is 5.45. The molecule has 2 aliphatic heterocycles. The van der Waals surface area contributed by atoms with Crippen molar-refractivity contribution < 1.29 is 4.74 Å². The van der Waals surface area contributed by atoms with Gasteiger partial charge < -0.3 is 10.1 Å². The molecule has 0 amide bonds. The average molecular weight is 246 g/mol. The minimum atomic E-state index is 0.754. The molecule has 0 unspecified atom stereocenters. The zero-order chi connectivity index (χ0) is 12.2. The van der Waals surface area contributed by atoms with Crippen LogP contribution in [0.2, 0.25) is 0 Å². The van der Waals surface area contributed by atoms with Gasteiger partial charge in [0.05, 0.1) is 13.2 Å². The number of nitrogens with zero attached hydrogens (tertiary/aromatic N) is 1. The first-order chi connectivity index (χ1) is 8.90. The summed E-state index contributed by atoms with van der Waals surface area (Å²) in [7, 11) is 0. The van der Waals surface area contributed by atoms with Crippen LogP contribution in [0.5, 0.6) is 0 Å². The molecule has 0 aliphatic carbocycles. The monoisotopic (exact) mass is 246 g/mol. The normalized spacial score (nSPS) is 21.8. The van der Waals surface area contributed by atoms with Crippen molar-refractivity contribution in [2.24, 2.45) is 5.92 Å². The summed E-state index contributed by atoms with van der Waals surface area (Å²) in [6.07, 6.45) is 1.17. The molecule has 3 rings (SSSR count). The maximum atomic E-state index is 5.22. The molecule has 18 heavy (non-hydrogen) atoms. The van der Waals surface area contributed by atoms with Gasteiger partial charge in [-0.2, -0.15) is 0 Å². The molecule has 3 heteroatoms. The molecule has 2 aliphatic rings. The number of piperazine rings is 1. The van der Waals surface area contributed by atoms with Crippen LogP contribution >= 0.6 is 0 Å². The van der Waals surface area contributed by atoms with Gasteiger partial charge in [-0.3, -0.25) is 4.90 Å². The van der Waals surface area contributed by atoms with Crippen LogP contribution in [0.4, 0.5) is 0 Å². The van der Waals surface area contributed by atoms with E-state index in [4.69, 9.17) is 4.74 Å². The van der Waals surface area contributed by atoms with Crippen LogP contribution in [0, 0.1) is 5.92 Å². The van der Waals surface area contributed by atoms with Crippen LogP contribution < -0.4 is 5.32 Å². The number of hydrogen-bond donors (Lipinski definition) is 1. The van der Waals surface area contributed by atoms with Crippen LogP contribution in [-0.4, -0.2) is 44.3 Å². The van der Waals surface area contributed by atoms with E-state index in [-0.39, 0.29) is 0 Å². The largest absolute Gasteiger partial charge is 0.381 e. The van der Waals surface area contributed by atoms with Gasteiger partial charge in [0.15, 0.2) is 0 Å². The summed E-state index contributed by atoms with van der Waals surface area (Å²) in [6.45, 7) is 7.57. The zero-order valence-electron chi connectivity index (χ0n) is 10.9. The van der Waals surface area contributed by atoms with Gasteiger partial charge in [-0.25, -0.2) is 0 Å². The third-order valence-electron chi connectivity index (χ3n) is 3.87. The minimum Gasteiger partial charge on any atom is -0.381 e. The highest BCUT2D eigenvalue weighted by Crippen LogP contribution is 2.17. The molecule has 1 N–H and O–H groups in total. The summed E-state index contributed by atoms with van der Waals surface area (Å²) in [6, 6.07) is 9.15. The molecule has 0 radical (unpaired) electrons. The molecule has 2 fully saturated rings. The Morgan fingerprint density at radius 2 is 1.72 bits per heavy atom. The SMILES string of the molecule is c1cc(CN2CCNCC2)ccc1CC1COC1. The van der Waals surface area contributed by atoms with Gasteiger partial charge in [-0.05, 0) is 17.5 Å². The lowest BCUT2D eigenvalue weighted by molar-refractivity contribution is -0.0312. The predicted molar refractivity (Wildman–Crippen MR) is 72.6 cm³/mol. The summed E-state index contributed by atoms with van der Waals surface area (Å²) in [5.74, 6) is 0.754. The second-order valence-corrected chi connectivity index (χ2v) is 5.45. The van der Waals surface area contributed by atoms with E-state index in [0.29, 0.717) is 0 Å². The van der Waals surface area contributed by atoms with Gasteiger partial charge in [0.1, 0.15) is 0 Å². The third kappa shape index (κ3) is 3.10. The van der Waals surface area contributed by atoms with Crippen molar-refractivity contribution in [2.45, 2.75) is 13.0 Å². The molecule has 2 saturated heterocycles. The Balaban J connectivity index is 1.52. The molecule has 2 heterocycles. The van der Waals surface area contributed by atoms with Crippen LogP contribution in [0.25, 0.3) is 0 Å². The molecular weight excluding hydrogens is 224 g/mol. The Bertz CT molecular complexity index is 367. The zero-order valence-corrected chi connectivity index (χ0v) is 10.9. The lowest BCUT2D eigenvalue weighted by Crippen LogP contribution is -2.42. The molecular formula is C15H22N2O. The molecule has 98 valence electrons. The van der Waals surface area contributed by atoms with Crippen LogP contribution in [-0.2, 0) is 17.7 Å². The number of hydrogen-bond acceptors (Lipinski definition) is 3. The molecule has 3 nitrogen and oxygen atoms in total. The standard InChI is InChI=1S/C15H22N2O/c1-3-14(10-17-7-5-16-6-8-17)4-2-13(1)9-15-11-18-12-15/h1-4,15-16H,5-12H2. The van der Waals surface area contributed by atoms with Gasteiger partial charge in [0, 0.05) is 38.6 Å². The highest BCUT2D eigenvalue weighted by Gasteiger charge is 2.18. The van der Waals surface area contributed by atoms with E-state index in [2.05, 4.69) is 34.5 Å². The fourth-order valence-electron chi connectivity index (χ4n) is 2.64. The highest BCUT2D eigenvalue weighted by molar-refractivity contribution is 5.23. The minimum absolute atomic E-state index is 0.754. The maximum Gasteiger partial charge on any atom is 0.0519 e. The van der Waals surface area contributed by atoms with Gasteiger partial charge in [-0.1, -0.05) is 24.3 Å². The van der Waals surface area contributed by atoms with Crippen LogP contribution in [0.15, 0.2) is 24.3 Å². The van der Waals surface area contributed by atoms with Gasteiger partial charge in [-0.15, -0.1) is 0 Å². The van der Waals surface area contributed by atoms with Crippen LogP contribution in [0.3, 0.4) is 0 Å². The van der Waals surface area contributed by atoms with Crippen molar-refractivity contribution in [3.05, 3.63) is 35.4 Å². The fourth-order valence-corrected chi connectivity index (χ4v) is 2.64. The number of benzene rings is 1. The van der Waals surface area contributed by atoms with Gasteiger partial charge >= 0.3 is 0 Å². The topological polar surface area (TPSA) is 24.5 Å². The molecule has 0 bridgehead atoms. The van der Waals surface area contributed by atoms with E-state index in [9.17, 15) is 0 Å². The van der Waals surface area contributed by atoms with E-state index >= 15 is 0 Å². The summed E-state index contributed by atoms with van der Waals surface area (Å²) in [5.41, 5.74) is 2.89. The highest BCUT2D eigenvalue weighted by atomic mass is 16.5. The van der Waals surface area contributed by atoms with E-state index in [1.54, 1.807) is 0 Å². The summed E-state index contributed by atoms with van der Waals surface area (Å²) in [5, 5.41) is 3.39. The predicted octanol–water partition coefficient (Wildman–Crippen LogP) is 1.28. The van der Waals surface area contributed by atoms with Crippen molar-refractivity contribution in [3.63, 3.8) is 0 Å². The fraction of sp³-hybridized carbons (Fsp3) is 0.600. The van der Waals surface area contributed by atoms with Crippen molar-refractivity contribution in [2.75, 3.05) is 39.4 Å². The first-order valence-electron chi connectivity index (χ1n) is 6.99. The Morgan fingerprint density at radius 1 is 1.06 bits per heavy atom. The molecule has 1 aromatic rings. The lowest BCUT2D eigenvalue weighted by Gasteiger charge is -2.27. The van der Waals surface area contributed by atoms with Crippen molar-refractivity contribution >= 4 is 0 Å². The van der Waals surface area contributed by atoms with Gasteiger partial charge in [0.2, 0.25) is 0 Å². The Hall–Kier alpha value is -0.900. The third-order valence-corrected chi connectivity index (χ3v) is 3.87. The van der Waals surface area contributed by atoms with Crippen molar-refractivity contribution in [3.8, 4) is 0 Å². The van der Waals surface area contributed by atoms with Crippen LogP contribution in [0.1, 0.15) is 11.1 Å². The number of rotatable bonds is 4. The van der Waals surface area contributed by atoms with E-state index in [1.165, 1.54) is 30.6 Å². The molecule has 0 atom stereocenters. The summed E-state index contributed by atoms with van der Waals surface area (Å²) < 4.78 is 5.22. The maximum absolute atomic E-state index is 5.22.